The van der Waals surface area contributed by atoms with E-state index in [1.165, 1.54) is 30.4 Å². The minimum Gasteiger partial charge on any atom is -0.457 e. The number of allylic oxidation sites excluding steroid dienone is 1. The van der Waals surface area contributed by atoms with Crippen LogP contribution in [-0.4, -0.2) is 47.7 Å². The van der Waals surface area contributed by atoms with Gasteiger partial charge in [0.25, 0.3) is 0 Å². The number of fused-ring (bicyclic) bond motifs is 4. The monoisotopic (exact) mass is 482 g/mol. The standard InChI is InChI=1S/C30H42O5/c1-20(22-10-6-4-7-11-22)16-17-33-28-27-21(2)14-15-24(27)29(3)25(34-26(32)19-31)18-30(28,35-29)23-12-8-5-9-13-23/h4,6-7,10-11,16,21,23-25,27-28,31H,5,8-9,12-15,17-19H2,1-3H3/b20-16+. The average molecular weight is 483 g/mol. The molecule has 7 unspecified atom stereocenters. The summed E-state index contributed by atoms with van der Waals surface area (Å²) in [5.41, 5.74) is 1.47. The molecule has 4 fully saturated rings. The summed E-state index contributed by atoms with van der Waals surface area (Å²) in [4.78, 5) is 12.2. The smallest absolute Gasteiger partial charge is 0.332 e. The number of benzene rings is 1. The number of ether oxygens (including phenoxy) is 3. The molecule has 5 rings (SSSR count). The topological polar surface area (TPSA) is 65.0 Å². The second kappa shape index (κ2) is 9.99. The summed E-state index contributed by atoms with van der Waals surface area (Å²) >= 11 is 0. The van der Waals surface area contributed by atoms with Crippen molar-refractivity contribution >= 4 is 11.5 Å². The Balaban J connectivity index is 1.48. The molecular formula is C30H42O5. The van der Waals surface area contributed by atoms with Crippen LogP contribution in [0.15, 0.2) is 36.4 Å². The molecule has 1 aromatic rings. The van der Waals surface area contributed by atoms with Crippen LogP contribution < -0.4 is 0 Å². The number of hydrogen-bond donors (Lipinski definition) is 1. The van der Waals surface area contributed by atoms with Crippen molar-refractivity contribution in [2.24, 2.45) is 23.7 Å². The quantitative estimate of drug-likeness (QED) is 0.516. The van der Waals surface area contributed by atoms with E-state index in [9.17, 15) is 9.90 Å². The van der Waals surface area contributed by atoms with Gasteiger partial charge in [0.1, 0.15) is 23.9 Å². The minimum atomic E-state index is -0.586. The van der Waals surface area contributed by atoms with Crippen LogP contribution in [-0.2, 0) is 19.0 Å². The Morgan fingerprint density at radius 2 is 1.89 bits per heavy atom. The first-order chi connectivity index (χ1) is 16.9. The van der Waals surface area contributed by atoms with Gasteiger partial charge < -0.3 is 19.3 Å². The lowest BCUT2D eigenvalue weighted by Crippen LogP contribution is -2.63. The van der Waals surface area contributed by atoms with E-state index in [1.807, 2.05) is 6.07 Å². The molecule has 0 radical (unpaired) electrons. The third-order valence-corrected chi connectivity index (χ3v) is 9.77. The number of carbonyl (C=O) groups excluding carboxylic acids is 1. The van der Waals surface area contributed by atoms with Crippen LogP contribution in [0.3, 0.4) is 0 Å². The Kier molecular flexibility index (Phi) is 7.13. The molecular weight excluding hydrogens is 440 g/mol. The Labute approximate surface area is 210 Å². The normalized spacial score (nSPS) is 39.4. The van der Waals surface area contributed by atoms with Crippen molar-refractivity contribution in [2.45, 2.75) is 95.5 Å². The molecule has 0 aromatic heterocycles. The molecule has 0 amide bonds. The molecule has 5 heteroatoms. The van der Waals surface area contributed by atoms with Crippen LogP contribution in [0, 0.1) is 23.7 Å². The molecule has 2 aliphatic heterocycles. The summed E-state index contributed by atoms with van der Waals surface area (Å²) in [6.45, 7) is 6.64. The van der Waals surface area contributed by atoms with Gasteiger partial charge in [-0.3, -0.25) is 0 Å². The zero-order valence-corrected chi connectivity index (χ0v) is 21.6. The molecule has 192 valence electrons. The molecule has 4 aliphatic rings. The van der Waals surface area contributed by atoms with Gasteiger partial charge in [0.2, 0.25) is 0 Å². The van der Waals surface area contributed by atoms with Crippen molar-refractivity contribution in [3.63, 3.8) is 0 Å². The van der Waals surface area contributed by atoms with E-state index in [4.69, 9.17) is 14.2 Å². The van der Waals surface area contributed by atoms with Crippen molar-refractivity contribution in [1.29, 1.82) is 0 Å². The summed E-state index contributed by atoms with van der Waals surface area (Å²) in [6.07, 6.45) is 10.7. The van der Waals surface area contributed by atoms with E-state index >= 15 is 0 Å². The highest BCUT2D eigenvalue weighted by atomic mass is 16.6. The molecule has 5 nitrogen and oxygen atoms in total. The van der Waals surface area contributed by atoms with E-state index in [2.05, 4.69) is 51.1 Å². The van der Waals surface area contributed by atoms with E-state index in [-0.39, 0.29) is 18.1 Å². The zero-order chi connectivity index (χ0) is 24.6. The second-order valence-corrected chi connectivity index (χ2v) is 11.7. The lowest BCUT2D eigenvalue weighted by Gasteiger charge is -2.55. The summed E-state index contributed by atoms with van der Waals surface area (Å²) in [5.74, 6) is 1.08. The van der Waals surface area contributed by atoms with Gasteiger partial charge in [-0.05, 0) is 74.3 Å². The molecule has 0 spiro atoms. The number of rotatable bonds is 7. The van der Waals surface area contributed by atoms with Gasteiger partial charge in [0.05, 0.1) is 12.7 Å². The third kappa shape index (κ3) is 4.38. The predicted molar refractivity (Wildman–Crippen MR) is 136 cm³/mol. The molecule has 7 atom stereocenters. The maximum atomic E-state index is 12.2. The van der Waals surface area contributed by atoms with Crippen molar-refractivity contribution < 1.29 is 24.1 Å². The van der Waals surface area contributed by atoms with Crippen LogP contribution >= 0.6 is 0 Å². The van der Waals surface area contributed by atoms with Crippen LogP contribution in [0.5, 0.6) is 0 Å². The number of carbonyl (C=O) groups is 1. The van der Waals surface area contributed by atoms with Crippen molar-refractivity contribution in [2.75, 3.05) is 13.2 Å². The summed E-state index contributed by atoms with van der Waals surface area (Å²) in [6, 6.07) is 10.4. The van der Waals surface area contributed by atoms with Gasteiger partial charge in [-0.2, -0.15) is 0 Å². The molecule has 1 aromatic carbocycles. The van der Waals surface area contributed by atoms with Gasteiger partial charge in [-0.25, -0.2) is 4.79 Å². The van der Waals surface area contributed by atoms with E-state index < -0.39 is 23.8 Å². The van der Waals surface area contributed by atoms with Crippen molar-refractivity contribution in [3.05, 3.63) is 42.0 Å². The molecule has 2 heterocycles. The van der Waals surface area contributed by atoms with Gasteiger partial charge in [-0.1, -0.05) is 62.6 Å². The predicted octanol–water partition coefficient (Wildman–Crippen LogP) is 5.55. The number of aliphatic hydroxyl groups is 1. The Bertz CT molecular complexity index is 922. The Hall–Kier alpha value is -1.69. The van der Waals surface area contributed by atoms with Crippen molar-refractivity contribution in [1.82, 2.24) is 0 Å². The average Bonchev–Trinajstić information content (AvgIpc) is 3.39. The van der Waals surface area contributed by atoms with Gasteiger partial charge in [-0.15, -0.1) is 0 Å². The fourth-order valence-electron chi connectivity index (χ4n) is 8.00. The number of esters is 1. The highest BCUT2D eigenvalue weighted by Gasteiger charge is 2.72. The van der Waals surface area contributed by atoms with Crippen LogP contribution in [0.2, 0.25) is 0 Å². The Morgan fingerprint density at radius 3 is 2.60 bits per heavy atom. The largest absolute Gasteiger partial charge is 0.457 e. The van der Waals surface area contributed by atoms with Crippen LogP contribution in [0.25, 0.3) is 5.57 Å². The van der Waals surface area contributed by atoms with E-state index in [0.29, 0.717) is 30.8 Å². The lowest BCUT2D eigenvalue weighted by atomic mass is 9.66. The maximum absolute atomic E-state index is 12.2. The third-order valence-electron chi connectivity index (χ3n) is 9.77. The minimum absolute atomic E-state index is 0.0150. The van der Waals surface area contributed by atoms with Gasteiger partial charge in [0.15, 0.2) is 0 Å². The molecule has 2 bridgehead atoms. The summed E-state index contributed by atoms with van der Waals surface area (Å²) < 4.78 is 20.0. The molecule has 2 saturated carbocycles. The summed E-state index contributed by atoms with van der Waals surface area (Å²) in [7, 11) is 0. The van der Waals surface area contributed by atoms with Gasteiger partial charge in [0, 0.05) is 6.42 Å². The van der Waals surface area contributed by atoms with Gasteiger partial charge >= 0.3 is 5.97 Å². The SMILES string of the molecule is C/C(=C\COC1C2C(C)CCC2C2(C)OC1(C1CCCCC1)CC2OC(=O)CO)c1ccccc1. The first-order valence-electron chi connectivity index (χ1n) is 13.7. The first kappa shape index (κ1) is 25.0. The molecule has 2 aliphatic carbocycles. The highest BCUT2D eigenvalue weighted by molar-refractivity contribution is 5.70. The lowest BCUT2D eigenvalue weighted by molar-refractivity contribution is -0.274. The zero-order valence-electron chi connectivity index (χ0n) is 21.6. The maximum Gasteiger partial charge on any atom is 0.332 e. The Morgan fingerprint density at radius 1 is 1.14 bits per heavy atom. The summed E-state index contributed by atoms with van der Waals surface area (Å²) in [5, 5.41) is 9.43. The van der Waals surface area contributed by atoms with E-state index in [0.717, 1.165) is 25.7 Å². The number of hydrogen-bond acceptors (Lipinski definition) is 5. The second-order valence-electron chi connectivity index (χ2n) is 11.7. The fourth-order valence-corrected chi connectivity index (χ4v) is 8.00. The van der Waals surface area contributed by atoms with E-state index in [1.54, 1.807) is 0 Å². The molecule has 2 saturated heterocycles. The van der Waals surface area contributed by atoms with Crippen molar-refractivity contribution in [3.8, 4) is 0 Å². The molecule has 35 heavy (non-hydrogen) atoms. The highest BCUT2D eigenvalue weighted by Crippen LogP contribution is 2.64. The number of aliphatic hydroxyl groups excluding tert-OH is 1. The fraction of sp³-hybridized carbons (Fsp3) is 0.700. The van der Waals surface area contributed by atoms with Crippen LogP contribution in [0.1, 0.15) is 77.7 Å². The molecule has 1 N–H and O–H groups in total. The first-order valence-corrected chi connectivity index (χ1v) is 13.7. The van der Waals surface area contributed by atoms with Crippen LogP contribution in [0.4, 0.5) is 0 Å².